The molecule has 0 saturated carbocycles. The number of nitrogens with zero attached hydrogens (tertiary/aromatic N) is 4. The van der Waals surface area contributed by atoms with Crippen molar-refractivity contribution < 1.29 is 22.7 Å². The molecule has 1 aromatic rings. The van der Waals surface area contributed by atoms with E-state index >= 15 is 0 Å². The predicted octanol–water partition coefficient (Wildman–Crippen LogP) is 2.33. The van der Waals surface area contributed by atoms with E-state index in [-0.39, 0.29) is 10.4 Å². The van der Waals surface area contributed by atoms with Crippen molar-refractivity contribution in [2.24, 2.45) is 11.3 Å². The molecule has 182 valence electrons. The van der Waals surface area contributed by atoms with Gasteiger partial charge in [0.2, 0.25) is 0 Å². The third-order valence-corrected chi connectivity index (χ3v) is 9.56. The number of cyclic esters (lactones) is 1. The monoisotopic (exact) mass is 478 g/mol. The maximum Gasteiger partial charge on any atom is 0.414 e. The number of amides is 1. The predicted molar refractivity (Wildman–Crippen MR) is 123 cm³/mol. The zero-order chi connectivity index (χ0) is 22.9. The molecule has 0 unspecified atom stereocenters. The number of carbonyl (C=O) groups excluding carboxylic acids is 1. The van der Waals surface area contributed by atoms with E-state index in [0.29, 0.717) is 31.9 Å². The van der Waals surface area contributed by atoms with Gasteiger partial charge in [0.15, 0.2) is 5.03 Å². The minimum absolute atomic E-state index is 0.0489. The molecule has 4 aliphatic heterocycles. The first kappa shape index (κ1) is 23.0. The van der Waals surface area contributed by atoms with Crippen molar-refractivity contribution in [1.29, 1.82) is 0 Å². The average Bonchev–Trinajstić information content (AvgIpc) is 3.27. The molecule has 0 aliphatic carbocycles. The van der Waals surface area contributed by atoms with Crippen LogP contribution in [0, 0.1) is 11.3 Å². The topological polar surface area (TPSA) is 92.3 Å². The number of sulfonamides is 1. The third kappa shape index (κ3) is 4.89. The molecule has 1 aromatic heterocycles. The van der Waals surface area contributed by atoms with Gasteiger partial charge in [0.1, 0.15) is 6.61 Å². The Bertz CT molecular complexity index is 940. The van der Waals surface area contributed by atoms with Crippen LogP contribution in [0.15, 0.2) is 23.4 Å². The van der Waals surface area contributed by atoms with E-state index in [1.165, 1.54) is 17.2 Å². The first-order valence-corrected chi connectivity index (χ1v) is 13.6. The van der Waals surface area contributed by atoms with Crippen molar-refractivity contribution >= 4 is 21.8 Å². The lowest BCUT2D eigenvalue weighted by atomic mass is 9.73. The molecular weight excluding hydrogens is 444 g/mol. The quantitative estimate of drug-likeness (QED) is 0.641. The standard InChI is InChI=1S/C23H34N4O5S/c28-22-27(12-15-32-22)20-2-3-21(24-16-20)33(29,30)26-9-1-6-23(18-26)7-10-25(11-8-23)17-19-4-13-31-14-5-19/h2-3,16,19H,1,4-15,17-18H2. The molecule has 9 nitrogen and oxygen atoms in total. The molecule has 1 spiro atoms. The van der Waals surface area contributed by atoms with E-state index in [1.54, 1.807) is 10.4 Å². The van der Waals surface area contributed by atoms with Crippen molar-refractivity contribution in [1.82, 2.24) is 14.2 Å². The minimum atomic E-state index is -3.67. The lowest BCUT2D eigenvalue weighted by Gasteiger charge is -2.47. The van der Waals surface area contributed by atoms with Gasteiger partial charge in [-0.15, -0.1) is 0 Å². The van der Waals surface area contributed by atoms with Crippen LogP contribution in [0.2, 0.25) is 0 Å². The van der Waals surface area contributed by atoms with Gasteiger partial charge in [-0.3, -0.25) is 4.90 Å². The highest BCUT2D eigenvalue weighted by Gasteiger charge is 2.42. The van der Waals surface area contributed by atoms with Gasteiger partial charge in [0.05, 0.1) is 18.4 Å². The van der Waals surface area contributed by atoms with Crippen molar-refractivity contribution in [3.63, 3.8) is 0 Å². The maximum atomic E-state index is 13.4. The zero-order valence-corrected chi connectivity index (χ0v) is 20.0. The molecule has 4 aliphatic rings. The van der Waals surface area contributed by atoms with Crippen LogP contribution in [0.3, 0.4) is 0 Å². The summed E-state index contributed by atoms with van der Waals surface area (Å²) in [6, 6.07) is 3.15. The van der Waals surface area contributed by atoms with Gasteiger partial charge in [-0.1, -0.05) is 0 Å². The normalized spacial score (nSPS) is 25.5. The maximum absolute atomic E-state index is 13.4. The average molecular weight is 479 g/mol. The number of aromatic nitrogens is 1. The lowest BCUT2D eigenvalue weighted by molar-refractivity contribution is 0.0220. The molecule has 5 rings (SSSR count). The Morgan fingerprint density at radius 3 is 2.48 bits per heavy atom. The van der Waals surface area contributed by atoms with E-state index in [1.807, 2.05) is 0 Å². The molecule has 0 N–H and O–H groups in total. The van der Waals surface area contributed by atoms with Gasteiger partial charge < -0.3 is 14.4 Å². The molecule has 4 saturated heterocycles. The molecule has 0 atom stereocenters. The number of likely N-dealkylation sites (tertiary alicyclic amines) is 1. The number of hydrogen-bond donors (Lipinski definition) is 0. The van der Waals surface area contributed by atoms with Crippen LogP contribution in [0.4, 0.5) is 10.5 Å². The highest BCUT2D eigenvalue weighted by molar-refractivity contribution is 7.89. The Kier molecular flexibility index (Phi) is 6.61. The van der Waals surface area contributed by atoms with E-state index < -0.39 is 16.1 Å². The van der Waals surface area contributed by atoms with Crippen LogP contribution in [-0.2, 0) is 19.5 Å². The van der Waals surface area contributed by atoms with Gasteiger partial charge in [0, 0.05) is 32.8 Å². The first-order chi connectivity index (χ1) is 16.0. The molecular formula is C23H34N4O5S. The van der Waals surface area contributed by atoms with E-state index in [0.717, 1.165) is 77.3 Å². The van der Waals surface area contributed by atoms with Crippen LogP contribution < -0.4 is 4.90 Å². The van der Waals surface area contributed by atoms with Gasteiger partial charge in [0.25, 0.3) is 10.0 Å². The summed E-state index contributed by atoms with van der Waals surface area (Å²) in [4.78, 5) is 20.0. The van der Waals surface area contributed by atoms with Crippen LogP contribution in [0.1, 0.15) is 38.5 Å². The van der Waals surface area contributed by atoms with Crippen molar-refractivity contribution in [2.45, 2.75) is 43.6 Å². The van der Waals surface area contributed by atoms with Crippen molar-refractivity contribution in [3.05, 3.63) is 18.3 Å². The molecule has 4 fully saturated rings. The highest BCUT2D eigenvalue weighted by Crippen LogP contribution is 2.41. The van der Waals surface area contributed by atoms with Crippen molar-refractivity contribution in [2.75, 3.05) is 64.0 Å². The number of ether oxygens (including phenoxy) is 2. The Hall–Kier alpha value is -1.75. The number of piperidine rings is 2. The Morgan fingerprint density at radius 1 is 1.03 bits per heavy atom. The molecule has 0 aromatic carbocycles. The van der Waals surface area contributed by atoms with Crippen LogP contribution >= 0.6 is 0 Å². The second-order valence-corrected chi connectivity index (χ2v) is 11.8. The number of hydrogen-bond acceptors (Lipinski definition) is 7. The third-order valence-electron chi connectivity index (χ3n) is 7.80. The van der Waals surface area contributed by atoms with Gasteiger partial charge in [-0.05, 0) is 75.1 Å². The summed E-state index contributed by atoms with van der Waals surface area (Å²) in [6.07, 6.45) is 7.40. The SMILES string of the molecule is O=C1OCCN1c1ccc(S(=O)(=O)N2CCCC3(CCN(CC4CCOCC4)CC3)C2)nc1. The lowest BCUT2D eigenvalue weighted by Crippen LogP contribution is -2.51. The Labute approximate surface area is 196 Å². The van der Waals surface area contributed by atoms with Crippen LogP contribution in [0.25, 0.3) is 0 Å². The van der Waals surface area contributed by atoms with Crippen LogP contribution in [-0.4, -0.2) is 87.8 Å². The number of carbonyl (C=O) groups is 1. The highest BCUT2D eigenvalue weighted by atomic mass is 32.2. The van der Waals surface area contributed by atoms with Crippen LogP contribution in [0.5, 0.6) is 0 Å². The summed E-state index contributed by atoms with van der Waals surface area (Å²) in [6.45, 7) is 6.89. The summed E-state index contributed by atoms with van der Waals surface area (Å²) in [5, 5.41) is 0.0489. The summed E-state index contributed by atoms with van der Waals surface area (Å²) in [5.74, 6) is 0.729. The van der Waals surface area contributed by atoms with E-state index in [9.17, 15) is 13.2 Å². The number of rotatable bonds is 5. The summed E-state index contributed by atoms with van der Waals surface area (Å²) in [5.41, 5.74) is 0.625. The Balaban J connectivity index is 1.21. The molecule has 0 radical (unpaired) electrons. The van der Waals surface area contributed by atoms with Gasteiger partial charge in [-0.25, -0.2) is 18.2 Å². The molecule has 33 heavy (non-hydrogen) atoms. The van der Waals surface area contributed by atoms with Crippen molar-refractivity contribution in [3.8, 4) is 0 Å². The molecule has 5 heterocycles. The summed E-state index contributed by atoms with van der Waals surface area (Å²) >= 11 is 0. The molecule has 0 bridgehead atoms. The van der Waals surface area contributed by atoms with Gasteiger partial charge in [-0.2, -0.15) is 4.31 Å². The fourth-order valence-electron chi connectivity index (χ4n) is 5.72. The second kappa shape index (κ2) is 9.48. The molecule has 10 heteroatoms. The fraction of sp³-hybridized carbons (Fsp3) is 0.739. The number of pyridine rings is 1. The fourth-order valence-corrected chi connectivity index (χ4v) is 7.23. The molecule has 1 amide bonds. The van der Waals surface area contributed by atoms with E-state index in [2.05, 4.69) is 9.88 Å². The first-order valence-electron chi connectivity index (χ1n) is 12.2. The smallest absolute Gasteiger partial charge is 0.414 e. The minimum Gasteiger partial charge on any atom is -0.447 e. The van der Waals surface area contributed by atoms with Gasteiger partial charge >= 0.3 is 6.09 Å². The second-order valence-electron chi connectivity index (χ2n) is 9.92. The largest absolute Gasteiger partial charge is 0.447 e. The van der Waals surface area contributed by atoms with E-state index in [4.69, 9.17) is 9.47 Å². The Morgan fingerprint density at radius 2 is 1.82 bits per heavy atom. The zero-order valence-electron chi connectivity index (χ0n) is 19.2. The summed E-state index contributed by atoms with van der Waals surface area (Å²) in [7, 11) is -3.67. The summed E-state index contributed by atoms with van der Waals surface area (Å²) < 4.78 is 38.8. The number of anilines is 1.